The second kappa shape index (κ2) is 11.0. The van der Waals surface area contributed by atoms with Crippen LogP contribution in [0.3, 0.4) is 0 Å². The monoisotopic (exact) mass is 534 g/mol. The van der Waals surface area contributed by atoms with Crippen molar-refractivity contribution in [2.45, 2.75) is 31.9 Å². The Balaban J connectivity index is 1.64. The number of alkyl halides is 2. The lowest BCUT2D eigenvalue weighted by Gasteiger charge is -2.29. The Morgan fingerprint density at radius 1 is 1.29 bits per heavy atom. The summed E-state index contributed by atoms with van der Waals surface area (Å²) in [7, 11) is 3.18. The molecule has 0 aliphatic carbocycles. The largest absolute Gasteiger partial charge is 0.493 e. The van der Waals surface area contributed by atoms with Crippen LogP contribution in [-0.2, 0) is 15.5 Å². The Labute approximate surface area is 217 Å². The molecule has 0 unspecified atom stereocenters. The van der Waals surface area contributed by atoms with Crippen LogP contribution in [0.15, 0.2) is 30.3 Å². The number of nitrogens with zero attached hydrogens (tertiary/aromatic N) is 3. The molecule has 0 bridgehead atoms. The van der Waals surface area contributed by atoms with E-state index in [1.807, 2.05) is 0 Å². The normalized spacial score (nSPS) is 17.0. The van der Waals surface area contributed by atoms with E-state index in [9.17, 15) is 13.6 Å². The Bertz CT molecular complexity index is 1340. The zero-order valence-corrected chi connectivity index (χ0v) is 21.4. The van der Waals surface area contributed by atoms with E-state index < -0.39 is 30.0 Å². The highest BCUT2D eigenvalue weighted by molar-refractivity contribution is 5.92. The van der Waals surface area contributed by atoms with Gasteiger partial charge in [-0.15, -0.1) is 0 Å². The van der Waals surface area contributed by atoms with Gasteiger partial charge in [-0.25, -0.2) is 14.4 Å². The summed E-state index contributed by atoms with van der Waals surface area (Å²) in [4.78, 5) is 22.1. The molecular weight excluding hydrogens is 505 g/mol. The van der Waals surface area contributed by atoms with Crippen molar-refractivity contribution in [2.24, 2.45) is 0 Å². The highest BCUT2D eigenvalue weighted by atomic mass is 19.3. The number of hydrogen-bond donors (Lipinski definition) is 2. The highest BCUT2D eigenvalue weighted by Gasteiger charge is 2.35. The van der Waals surface area contributed by atoms with Gasteiger partial charge in [0.2, 0.25) is 5.91 Å². The quantitative estimate of drug-likeness (QED) is 0.429. The third-order valence-electron chi connectivity index (χ3n) is 6.30. The summed E-state index contributed by atoms with van der Waals surface area (Å²) in [5.74, 6) is -3.38. The number of nitrogens with one attached hydrogen (secondary N) is 1. The van der Waals surface area contributed by atoms with Crippen LogP contribution in [0, 0.1) is 12.7 Å². The Hall–Kier alpha value is -3.64. The summed E-state index contributed by atoms with van der Waals surface area (Å²) >= 11 is 0. The van der Waals surface area contributed by atoms with E-state index in [0.717, 1.165) is 6.07 Å². The number of carbonyl (C=O) groups excluding carboxylic acids is 1. The van der Waals surface area contributed by atoms with Crippen LogP contribution in [0.5, 0.6) is 11.5 Å². The Kier molecular flexibility index (Phi) is 7.93. The topological polar surface area (TPSA) is 106 Å². The molecule has 2 heterocycles. The lowest BCUT2D eigenvalue weighted by Crippen LogP contribution is -2.46. The van der Waals surface area contributed by atoms with Gasteiger partial charge in [-0.1, -0.05) is 12.1 Å². The smallest absolute Gasteiger partial charge is 0.298 e. The Morgan fingerprint density at radius 3 is 2.74 bits per heavy atom. The molecular formula is C26H29F3N4O5. The van der Waals surface area contributed by atoms with Crippen molar-refractivity contribution in [3.05, 3.63) is 53.1 Å². The summed E-state index contributed by atoms with van der Waals surface area (Å²) < 4.78 is 60.2. The van der Waals surface area contributed by atoms with Crippen molar-refractivity contribution in [1.29, 1.82) is 0 Å². The molecule has 2 aromatic carbocycles. The summed E-state index contributed by atoms with van der Waals surface area (Å²) in [5.41, 5.74) is -0.373. The van der Waals surface area contributed by atoms with E-state index >= 15 is 4.39 Å². The molecule has 3 aromatic rings. The van der Waals surface area contributed by atoms with Crippen LogP contribution >= 0.6 is 0 Å². The predicted molar refractivity (Wildman–Crippen MR) is 133 cm³/mol. The number of carbonyl (C=O) groups is 1. The van der Waals surface area contributed by atoms with Crippen LogP contribution in [0.2, 0.25) is 0 Å². The third kappa shape index (κ3) is 5.60. The first kappa shape index (κ1) is 27.4. The van der Waals surface area contributed by atoms with Gasteiger partial charge in [0, 0.05) is 30.6 Å². The number of methoxy groups -OCH3 is 1. The minimum Gasteiger partial charge on any atom is -0.493 e. The number of likely N-dealkylation sites (N-methyl/N-ethyl adjacent to an activating group) is 1. The number of amides is 1. The molecule has 0 saturated carbocycles. The van der Waals surface area contributed by atoms with Gasteiger partial charge in [-0.05, 0) is 26.0 Å². The maximum Gasteiger partial charge on any atom is 0.298 e. The molecule has 1 saturated heterocycles. The maximum absolute atomic E-state index is 15.1. The van der Waals surface area contributed by atoms with E-state index in [2.05, 4.69) is 15.3 Å². The first-order valence-electron chi connectivity index (χ1n) is 11.9. The van der Waals surface area contributed by atoms with Crippen molar-refractivity contribution >= 4 is 22.6 Å². The number of aromatic nitrogens is 2. The average molecular weight is 535 g/mol. The Morgan fingerprint density at radius 2 is 2.05 bits per heavy atom. The summed E-state index contributed by atoms with van der Waals surface area (Å²) in [5, 5.41) is 12.6. The minimum absolute atomic E-state index is 0.0156. The van der Waals surface area contributed by atoms with Crippen LogP contribution in [0.25, 0.3) is 10.9 Å². The number of morpholine rings is 1. The van der Waals surface area contributed by atoms with Gasteiger partial charge in [-0.3, -0.25) is 4.79 Å². The zero-order chi connectivity index (χ0) is 27.6. The lowest BCUT2D eigenvalue weighted by atomic mass is 10.00. The number of aliphatic hydroxyl groups is 1. The maximum atomic E-state index is 15.1. The summed E-state index contributed by atoms with van der Waals surface area (Å²) in [6.45, 7) is 2.30. The second-order valence-corrected chi connectivity index (χ2v) is 9.10. The number of fused-ring (bicyclic) bond motifs is 1. The second-order valence-electron chi connectivity index (χ2n) is 9.10. The zero-order valence-electron chi connectivity index (χ0n) is 21.4. The van der Waals surface area contributed by atoms with E-state index in [-0.39, 0.29) is 30.8 Å². The van der Waals surface area contributed by atoms with Gasteiger partial charge >= 0.3 is 0 Å². The van der Waals surface area contributed by atoms with E-state index in [1.165, 1.54) is 19.2 Å². The van der Waals surface area contributed by atoms with Gasteiger partial charge in [0.25, 0.3) is 5.92 Å². The molecule has 1 aliphatic rings. The standard InChI is InChI=1S/C26H29F3N4O5/c1-14(17-6-5-7-19(24(17)27)26(28,29)13-34)30-25-18-8-22(21(36-4)9-20(18)31-15(2)32-25)38-11-16-10-33(3)23(35)12-37-16/h5-9,14,16,34H,10-13H2,1-4H3,(H,30,31,32)/t14-,16+/m1/s1. The molecule has 0 spiro atoms. The molecule has 1 amide bonds. The van der Waals surface area contributed by atoms with Crippen LogP contribution in [0.1, 0.15) is 29.9 Å². The van der Waals surface area contributed by atoms with Gasteiger partial charge in [-0.2, -0.15) is 8.78 Å². The molecule has 1 aliphatic heterocycles. The minimum atomic E-state index is -3.72. The van der Waals surface area contributed by atoms with Crippen molar-refractivity contribution in [3.8, 4) is 11.5 Å². The molecule has 38 heavy (non-hydrogen) atoms. The number of benzene rings is 2. The van der Waals surface area contributed by atoms with E-state index in [0.29, 0.717) is 40.6 Å². The molecule has 1 fully saturated rings. The highest BCUT2D eigenvalue weighted by Crippen LogP contribution is 2.37. The number of halogens is 3. The number of rotatable bonds is 9. The van der Waals surface area contributed by atoms with Gasteiger partial charge in [0.05, 0.1) is 24.2 Å². The molecule has 2 atom stereocenters. The van der Waals surface area contributed by atoms with E-state index in [4.69, 9.17) is 19.3 Å². The first-order chi connectivity index (χ1) is 18.0. The lowest BCUT2D eigenvalue weighted by molar-refractivity contribution is -0.148. The van der Waals surface area contributed by atoms with Crippen LogP contribution < -0.4 is 14.8 Å². The fourth-order valence-electron chi connectivity index (χ4n) is 4.21. The molecule has 9 nitrogen and oxygen atoms in total. The fraction of sp³-hybridized carbons (Fsp3) is 0.423. The molecule has 2 N–H and O–H groups in total. The van der Waals surface area contributed by atoms with Crippen molar-refractivity contribution < 1.29 is 37.3 Å². The molecule has 4 rings (SSSR count). The number of hydrogen-bond acceptors (Lipinski definition) is 8. The molecule has 204 valence electrons. The third-order valence-corrected chi connectivity index (χ3v) is 6.30. The van der Waals surface area contributed by atoms with Crippen LogP contribution in [-0.4, -0.2) is 72.5 Å². The number of ether oxygens (including phenoxy) is 3. The number of anilines is 1. The van der Waals surface area contributed by atoms with Crippen LogP contribution in [0.4, 0.5) is 19.0 Å². The average Bonchev–Trinajstić information content (AvgIpc) is 2.88. The van der Waals surface area contributed by atoms with Gasteiger partial charge in [0.15, 0.2) is 11.5 Å². The fourth-order valence-corrected chi connectivity index (χ4v) is 4.21. The van der Waals surface area contributed by atoms with Gasteiger partial charge < -0.3 is 29.5 Å². The molecule has 1 aromatic heterocycles. The molecule has 12 heteroatoms. The number of aryl methyl sites for hydroxylation is 1. The summed E-state index contributed by atoms with van der Waals surface area (Å²) in [6, 6.07) is 6.24. The van der Waals surface area contributed by atoms with E-state index in [1.54, 1.807) is 37.9 Å². The SMILES string of the molecule is COc1cc2nc(C)nc(N[C@H](C)c3cccc(C(F)(F)CO)c3F)c2cc1OC[C@@H]1CN(C)C(=O)CO1. The predicted octanol–water partition coefficient (Wildman–Crippen LogP) is 3.58. The summed E-state index contributed by atoms with van der Waals surface area (Å²) in [6.07, 6.45) is -0.336. The number of aliphatic hydroxyl groups excluding tert-OH is 1. The van der Waals surface area contributed by atoms with Crippen molar-refractivity contribution in [2.75, 3.05) is 45.8 Å². The first-order valence-corrected chi connectivity index (χ1v) is 11.9. The van der Waals surface area contributed by atoms with Crippen molar-refractivity contribution in [3.63, 3.8) is 0 Å². The molecule has 0 radical (unpaired) electrons. The van der Waals surface area contributed by atoms with Gasteiger partial charge in [0.1, 0.15) is 43.4 Å². The van der Waals surface area contributed by atoms with Crippen molar-refractivity contribution in [1.82, 2.24) is 14.9 Å².